The number of imidazole rings is 1. The molecule has 17 heavy (non-hydrogen) atoms. The Morgan fingerprint density at radius 1 is 1.65 bits per heavy atom. The molecule has 1 aromatic heterocycles. The zero-order valence-corrected chi connectivity index (χ0v) is 10.9. The van der Waals surface area contributed by atoms with Gasteiger partial charge in [0.1, 0.15) is 6.10 Å². The van der Waals surface area contributed by atoms with Crippen LogP contribution in [0.25, 0.3) is 0 Å². The van der Waals surface area contributed by atoms with Crippen molar-refractivity contribution in [2.45, 2.75) is 45.3 Å². The SMILES string of the molecule is CCCCC(C)n1cncc1C1CNCCO1. The van der Waals surface area contributed by atoms with E-state index in [1.807, 2.05) is 12.5 Å². The monoisotopic (exact) mass is 237 g/mol. The average Bonchev–Trinajstić information content (AvgIpc) is 2.86. The summed E-state index contributed by atoms with van der Waals surface area (Å²) < 4.78 is 8.07. The van der Waals surface area contributed by atoms with Crippen LogP contribution in [0.5, 0.6) is 0 Å². The van der Waals surface area contributed by atoms with Crippen molar-refractivity contribution in [2.75, 3.05) is 19.7 Å². The Labute approximate surface area is 103 Å². The number of hydrogen-bond acceptors (Lipinski definition) is 3. The van der Waals surface area contributed by atoms with Crippen molar-refractivity contribution in [3.8, 4) is 0 Å². The van der Waals surface area contributed by atoms with Crippen molar-refractivity contribution in [3.63, 3.8) is 0 Å². The van der Waals surface area contributed by atoms with Gasteiger partial charge in [-0.25, -0.2) is 4.98 Å². The molecule has 1 saturated heterocycles. The lowest BCUT2D eigenvalue weighted by atomic mass is 10.1. The van der Waals surface area contributed by atoms with Crippen molar-refractivity contribution < 1.29 is 4.74 Å². The molecule has 0 aromatic carbocycles. The van der Waals surface area contributed by atoms with Crippen LogP contribution in [-0.4, -0.2) is 29.2 Å². The molecule has 4 nitrogen and oxygen atoms in total. The highest BCUT2D eigenvalue weighted by Gasteiger charge is 2.21. The third-order valence-corrected chi connectivity index (χ3v) is 3.40. The predicted octanol–water partition coefficient (Wildman–Crippen LogP) is 2.30. The molecule has 1 aromatic rings. The molecule has 96 valence electrons. The van der Waals surface area contributed by atoms with Crippen molar-refractivity contribution in [3.05, 3.63) is 18.2 Å². The maximum Gasteiger partial charge on any atom is 0.111 e. The summed E-state index contributed by atoms with van der Waals surface area (Å²) in [5.41, 5.74) is 1.21. The van der Waals surface area contributed by atoms with E-state index in [9.17, 15) is 0 Å². The van der Waals surface area contributed by atoms with E-state index in [1.54, 1.807) is 0 Å². The Hall–Kier alpha value is -0.870. The number of nitrogens with one attached hydrogen (secondary N) is 1. The molecule has 0 bridgehead atoms. The van der Waals surface area contributed by atoms with Crippen LogP contribution in [0.4, 0.5) is 0 Å². The highest BCUT2D eigenvalue weighted by atomic mass is 16.5. The van der Waals surface area contributed by atoms with Crippen LogP contribution in [0.1, 0.15) is 50.9 Å². The van der Waals surface area contributed by atoms with Gasteiger partial charge in [0.05, 0.1) is 24.8 Å². The summed E-state index contributed by atoms with van der Waals surface area (Å²) in [6.45, 7) is 7.13. The quantitative estimate of drug-likeness (QED) is 0.854. The Kier molecular flexibility index (Phi) is 4.57. The number of unbranched alkanes of at least 4 members (excludes halogenated alkanes) is 1. The zero-order valence-electron chi connectivity index (χ0n) is 10.9. The minimum Gasteiger partial charge on any atom is -0.369 e. The molecule has 2 heterocycles. The second-order valence-electron chi connectivity index (χ2n) is 4.78. The van der Waals surface area contributed by atoms with Crippen molar-refractivity contribution in [1.82, 2.24) is 14.9 Å². The number of aromatic nitrogens is 2. The van der Waals surface area contributed by atoms with Crippen LogP contribution >= 0.6 is 0 Å². The van der Waals surface area contributed by atoms with Crippen LogP contribution in [0.15, 0.2) is 12.5 Å². The number of nitrogens with zero attached hydrogens (tertiary/aromatic N) is 2. The van der Waals surface area contributed by atoms with Crippen molar-refractivity contribution in [2.24, 2.45) is 0 Å². The van der Waals surface area contributed by atoms with E-state index in [4.69, 9.17) is 4.74 Å². The third kappa shape index (κ3) is 3.07. The smallest absolute Gasteiger partial charge is 0.111 e. The van der Waals surface area contributed by atoms with Gasteiger partial charge in [0.2, 0.25) is 0 Å². The summed E-state index contributed by atoms with van der Waals surface area (Å²) in [5, 5.41) is 3.37. The standard InChI is InChI=1S/C13H23N3O/c1-3-4-5-11(2)16-10-15-8-12(16)13-9-14-6-7-17-13/h8,10-11,13-14H,3-7,9H2,1-2H3. The first-order chi connectivity index (χ1) is 8.33. The van der Waals surface area contributed by atoms with Gasteiger partial charge in [0, 0.05) is 19.1 Å². The molecule has 0 aliphatic carbocycles. The van der Waals surface area contributed by atoms with Gasteiger partial charge in [-0.3, -0.25) is 0 Å². The third-order valence-electron chi connectivity index (χ3n) is 3.40. The van der Waals surface area contributed by atoms with E-state index in [0.717, 1.165) is 19.7 Å². The fourth-order valence-corrected chi connectivity index (χ4v) is 2.33. The largest absolute Gasteiger partial charge is 0.369 e. The molecular formula is C13H23N3O. The number of rotatable bonds is 5. The first-order valence-corrected chi connectivity index (χ1v) is 6.67. The van der Waals surface area contributed by atoms with Gasteiger partial charge >= 0.3 is 0 Å². The molecule has 0 saturated carbocycles. The maximum absolute atomic E-state index is 5.79. The lowest BCUT2D eigenvalue weighted by molar-refractivity contribution is 0.0220. The highest BCUT2D eigenvalue weighted by Crippen LogP contribution is 2.23. The molecule has 0 amide bonds. The topological polar surface area (TPSA) is 39.1 Å². The van der Waals surface area contributed by atoms with Gasteiger partial charge in [0.25, 0.3) is 0 Å². The molecular weight excluding hydrogens is 214 g/mol. The molecule has 1 N–H and O–H groups in total. The molecule has 1 aliphatic heterocycles. The van der Waals surface area contributed by atoms with Gasteiger partial charge < -0.3 is 14.6 Å². The summed E-state index contributed by atoms with van der Waals surface area (Å²) >= 11 is 0. The van der Waals surface area contributed by atoms with Crippen LogP contribution in [0.3, 0.4) is 0 Å². The van der Waals surface area contributed by atoms with E-state index in [0.29, 0.717) is 6.04 Å². The minimum atomic E-state index is 0.162. The lowest BCUT2D eigenvalue weighted by Gasteiger charge is -2.26. The second-order valence-corrected chi connectivity index (χ2v) is 4.78. The summed E-state index contributed by atoms with van der Waals surface area (Å²) in [5.74, 6) is 0. The molecule has 0 radical (unpaired) electrons. The van der Waals surface area contributed by atoms with Crippen LogP contribution in [0, 0.1) is 0 Å². The average molecular weight is 237 g/mol. The van der Waals surface area contributed by atoms with Gasteiger partial charge in [-0.05, 0) is 13.3 Å². The fraction of sp³-hybridized carbons (Fsp3) is 0.769. The van der Waals surface area contributed by atoms with E-state index < -0.39 is 0 Å². The van der Waals surface area contributed by atoms with Crippen LogP contribution in [-0.2, 0) is 4.74 Å². The lowest BCUT2D eigenvalue weighted by Crippen LogP contribution is -2.34. The Bertz CT molecular complexity index is 331. The Balaban J connectivity index is 2.04. The highest BCUT2D eigenvalue weighted by molar-refractivity contribution is 5.06. The van der Waals surface area contributed by atoms with E-state index >= 15 is 0 Å². The fourth-order valence-electron chi connectivity index (χ4n) is 2.33. The van der Waals surface area contributed by atoms with Gasteiger partial charge in [0.15, 0.2) is 0 Å². The second kappa shape index (κ2) is 6.17. The molecule has 0 spiro atoms. The molecule has 2 rings (SSSR count). The molecule has 2 atom stereocenters. The van der Waals surface area contributed by atoms with E-state index in [2.05, 4.69) is 28.7 Å². The first kappa shape index (κ1) is 12.6. The summed E-state index contributed by atoms with van der Waals surface area (Å²) in [6.07, 6.45) is 7.77. The van der Waals surface area contributed by atoms with Crippen LogP contribution in [0.2, 0.25) is 0 Å². The van der Waals surface area contributed by atoms with E-state index in [-0.39, 0.29) is 6.10 Å². The van der Waals surface area contributed by atoms with Gasteiger partial charge in [-0.1, -0.05) is 19.8 Å². The molecule has 1 fully saturated rings. The van der Waals surface area contributed by atoms with Gasteiger partial charge in [-0.15, -0.1) is 0 Å². The zero-order chi connectivity index (χ0) is 12.1. The summed E-state index contributed by atoms with van der Waals surface area (Å²) in [6, 6.07) is 0.512. The first-order valence-electron chi connectivity index (χ1n) is 6.67. The normalized spacial score (nSPS) is 22.6. The predicted molar refractivity (Wildman–Crippen MR) is 68.0 cm³/mol. The van der Waals surface area contributed by atoms with Crippen LogP contribution < -0.4 is 5.32 Å². The van der Waals surface area contributed by atoms with Crippen molar-refractivity contribution >= 4 is 0 Å². The minimum absolute atomic E-state index is 0.162. The Morgan fingerprint density at radius 2 is 2.53 bits per heavy atom. The van der Waals surface area contributed by atoms with E-state index in [1.165, 1.54) is 25.0 Å². The summed E-state index contributed by atoms with van der Waals surface area (Å²) in [7, 11) is 0. The maximum atomic E-state index is 5.79. The number of ether oxygens (including phenoxy) is 1. The number of morpholine rings is 1. The Morgan fingerprint density at radius 3 is 3.24 bits per heavy atom. The van der Waals surface area contributed by atoms with Crippen molar-refractivity contribution in [1.29, 1.82) is 0 Å². The summed E-state index contributed by atoms with van der Waals surface area (Å²) in [4.78, 5) is 4.28. The molecule has 4 heteroatoms. The number of hydrogen-bond donors (Lipinski definition) is 1. The molecule has 2 unspecified atom stereocenters. The molecule has 1 aliphatic rings. The van der Waals surface area contributed by atoms with Gasteiger partial charge in [-0.2, -0.15) is 0 Å².